The number of rotatable bonds is 1. The molecule has 2 nitrogen and oxygen atoms in total. The van der Waals surface area contributed by atoms with Crippen LogP contribution in [0.3, 0.4) is 0 Å². The predicted molar refractivity (Wildman–Crippen MR) is 77.7 cm³/mol. The molecule has 0 N–H and O–H groups in total. The zero-order valence-electron chi connectivity index (χ0n) is 11.6. The van der Waals surface area contributed by atoms with E-state index >= 15 is 0 Å². The molecule has 1 aromatic heterocycles. The molecule has 0 aliphatic rings. The highest BCUT2D eigenvalue weighted by molar-refractivity contribution is 5.82. The second-order valence-corrected chi connectivity index (χ2v) is 5.05. The van der Waals surface area contributed by atoms with Crippen molar-refractivity contribution >= 4 is 11.0 Å². The Morgan fingerprint density at radius 2 is 1.68 bits per heavy atom. The first-order chi connectivity index (χ1) is 10.4. The van der Waals surface area contributed by atoms with Gasteiger partial charge in [0.05, 0.1) is 16.5 Å². The van der Waals surface area contributed by atoms with Crippen molar-refractivity contribution in [1.29, 1.82) is 0 Å². The number of hydrogen-bond acceptors (Lipinski definition) is 2. The van der Waals surface area contributed by atoms with Crippen molar-refractivity contribution < 1.29 is 17.6 Å². The van der Waals surface area contributed by atoms with Gasteiger partial charge in [-0.3, -0.25) is 4.79 Å². The van der Waals surface area contributed by atoms with Gasteiger partial charge in [0.15, 0.2) is 5.43 Å². The summed E-state index contributed by atoms with van der Waals surface area (Å²) in [6, 6.07) is 9.68. The highest BCUT2D eigenvalue weighted by Gasteiger charge is 2.30. The van der Waals surface area contributed by atoms with Gasteiger partial charge in [0.25, 0.3) is 0 Å². The summed E-state index contributed by atoms with van der Waals surface area (Å²) in [5.41, 5.74) is 0.981. The molecular formula is C17H11F3O2. The molecule has 22 heavy (non-hydrogen) atoms. The summed E-state index contributed by atoms with van der Waals surface area (Å²) in [6.45, 7) is 1.85. The molecule has 0 fully saturated rings. The van der Waals surface area contributed by atoms with Gasteiger partial charge in [0.2, 0.25) is 0 Å². The monoisotopic (exact) mass is 304 g/mol. The van der Waals surface area contributed by atoms with E-state index in [1.807, 2.05) is 13.0 Å². The molecule has 2 aromatic carbocycles. The zero-order chi connectivity index (χ0) is 15.9. The van der Waals surface area contributed by atoms with Crippen LogP contribution in [-0.2, 0) is 6.18 Å². The molecule has 0 aliphatic carbocycles. The van der Waals surface area contributed by atoms with Crippen LogP contribution < -0.4 is 5.43 Å². The molecule has 0 saturated carbocycles. The van der Waals surface area contributed by atoms with Crippen LogP contribution in [0.4, 0.5) is 13.2 Å². The van der Waals surface area contributed by atoms with Gasteiger partial charge in [0, 0.05) is 0 Å². The van der Waals surface area contributed by atoms with E-state index in [1.165, 1.54) is 18.4 Å². The van der Waals surface area contributed by atoms with E-state index in [9.17, 15) is 18.0 Å². The number of hydrogen-bond donors (Lipinski definition) is 0. The fourth-order valence-corrected chi connectivity index (χ4v) is 2.28. The van der Waals surface area contributed by atoms with Crippen molar-refractivity contribution in [2.45, 2.75) is 13.1 Å². The Bertz CT molecular complexity index is 890. The number of benzene rings is 2. The van der Waals surface area contributed by atoms with Gasteiger partial charge >= 0.3 is 6.18 Å². The van der Waals surface area contributed by atoms with Crippen LogP contribution in [0.2, 0.25) is 0 Å². The average Bonchev–Trinajstić information content (AvgIpc) is 2.47. The lowest BCUT2D eigenvalue weighted by molar-refractivity contribution is -0.137. The van der Waals surface area contributed by atoms with Gasteiger partial charge in [-0.05, 0) is 36.8 Å². The van der Waals surface area contributed by atoms with Gasteiger partial charge < -0.3 is 4.42 Å². The normalized spacial score (nSPS) is 11.8. The van der Waals surface area contributed by atoms with Gasteiger partial charge in [-0.1, -0.05) is 23.8 Å². The molecule has 3 rings (SSSR count). The van der Waals surface area contributed by atoms with Crippen LogP contribution in [0.5, 0.6) is 0 Å². The number of halogens is 3. The fraction of sp³-hybridized carbons (Fsp3) is 0.118. The maximum Gasteiger partial charge on any atom is 0.416 e. The van der Waals surface area contributed by atoms with E-state index in [0.29, 0.717) is 16.5 Å². The molecule has 0 atom stereocenters. The van der Waals surface area contributed by atoms with Crippen molar-refractivity contribution in [2.24, 2.45) is 0 Å². The van der Waals surface area contributed by atoms with E-state index in [2.05, 4.69) is 0 Å². The van der Waals surface area contributed by atoms with E-state index in [0.717, 1.165) is 17.7 Å². The summed E-state index contributed by atoms with van der Waals surface area (Å²) in [5.74, 6) is 0. The van der Waals surface area contributed by atoms with Crippen molar-refractivity contribution in [2.75, 3.05) is 0 Å². The second kappa shape index (κ2) is 5.02. The van der Waals surface area contributed by atoms with E-state index in [-0.39, 0.29) is 11.0 Å². The van der Waals surface area contributed by atoms with Crippen LogP contribution in [0.1, 0.15) is 11.1 Å². The van der Waals surface area contributed by atoms with E-state index in [4.69, 9.17) is 4.42 Å². The summed E-state index contributed by atoms with van der Waals surface area (Å²) in [4.78, 5) is 12.5. The first kappa shape index (κ1) is 14.4. The summed E-state index contributed by atoms with van der Waals surface area (Å²) in [5, 5.41) is 0.414. The van der Waals surface area contributed by atoms with Crippen LogP contribution in [-0.4, -0.2) is 0 Å². The Balaban J connectivity index is 2.14. The highest BCUT2D eigenvalue weighted by Crippen LogP contribution is 2.30. The average molecular weight is 304 g/mol. The van der Waals surface area contributed by atoms with Gasteiger partial charge in [-0.2, -0.15) is 13.2 Å². The maximum absolute atomic E-state index is 12.6. The Hall–Kier alpha value is -2.56. The number of fused-ring (bicyclic) bond motifs is 1. The van der Waals surface area contributed by atoms with Crippen molar-refractivity contribution in [1.82, 2.24) is 0 Å². The lowest BCUT2D eigenvalue weighted by atomic mass is 10.0. The van der Waals surface area contributed by atoms with Crippen LogP contribution in [0.15, 0.2) is 57.9 Å². The second-order valence-electron chi connectivity index (χ2n) is 5.05. The molecule has 112 valence electrons. The van der Waals surface area contributed by atoms with E-state index in [1.54, 1.807) is 12.1 Å². The molecular weight excluding hydrogens is 293 g/mol. The lowest BCUT2D eigenvalue weighted by Crippen LogP contribution is -2.07. The number of aryl methyl sites for hydroxylation is 1. The first-order valence-corrected chi connectivity index (χ1v) is 6.56. The summed E-state index contributed by atoms with van der Waals surface area (Å²) in [6.07, 6.45) is -3.12. The van der Waals surface area contributed by atoms with Crippen LogP contribution >= 0.6 is 0 Å². The first-order valence-electron chi connectivity index (χ1n) is 6.56. The summed E-state index contributed by atoms with van der Waals surface area (Å²) < 4.78 is 43.1. The van der Waals surface area contributed by atoms with Crippen molar-refractivity contribution in [3.8, 4) is 11.1 Å². The Morgan fingerprint density at radius 1 is 1.00 bits per heavy atom. The van der Waals surface area contributed by atoms with E-state index < -0.39 is 11.7 Å². The minimum atomic E-state index is -4.40. The number of alkyl halides is 3. The van der Waals surface area contributed by atoms with Crippen LogP contribution in [0.25, 0.3) is 22.1 Å². The summed E-state index contributed by atoms with van der Waals surface area (Å²) >= 11 is 0. The fourth-order valence-electron chi connectivity index (χ4n) is 2.28. The quantitative estimate of drug-likeness (QED) is 0.647. The third-order valence-corrected chi connectivity index (χ3v) is 3.45. The Labute approximate surface area is 123 Å². The molecule has 0 amide bonds. The molecule has 0 unspecified atom stereocenters. The zero-order valence-corrected chi connectivity index (χ0v) is 11.6. The molecule has 0 aliphatic heterocycles. The third kappa shape index (κ3) is 2.50. The largest absolute Gasteiger partial charge is 0.463 e. The minimum absolute atomic E-state index is 0.242. The molecule has 0 bridgehead atoms. The smallest absolute Gasteiger partial charge is 0.416 e. The standard InChI is InChI=1S/C17H11F3O2/c1-10-2-7-15-13(8-10)16(21)14(9-22-15)11-3-5-12(6-4-11)17(18,19)20/h2-9H,1H3. The molecule has 5 heteroatoms. The van der Waals surface area contributed by atoms with Gasteiger partial charge in [-0.15, -0.1) is 0 Å². The SMILES string of the molecule is Cc1ccc2occ(-c3ccc(C(F)(F)F)cc3)c(=O)c2c1. The van der Waals surface area contributed by atoms with Crippen LogP contribution in [0, 0.1) is 6.92 Å². The maximum atomic E-state index is 12.6. The topological polar surface area (TPSA) is 30.2 Å². The third-order valence-electron chi connectivity index (χ3n) is 3.45. The van der Waals surface area contributed by atoms with Gasteiger partial charge in [0.1, 0.15) is 11.8 Å². The van der Waals surface area contributed by atoms with Crippen molar-refractivity contribution in [3.63, 3.8) is 0 Å². The Morgan fingerprint density at radius 3 is 2.32 bits per heavy atom. The van der Waals surface area contributed by atoms with Crippen molar-refractivity contribution in [3.05, 3.63) is 70.1 Å². The predicted octanol–water partition coefficient (Wildman–Crippen LogP) is 4.79. The molecule has 1 heterocycles. The molecule has 0 spiro atoms. The molecule has 0 radical (unpaired) electrons. The summed E-state index contributed by atoms with van der Waals surface area (Å²) in [7, 11) is 0. The molecule has 3 aromatic rings. The lowest BCUT2D eigenvalue weighted by Gasteiger charge is -2.08. The minimum Gasteiger partial charge on any atom is -0.463 e. The highest BCUT2D eigenvalue weighted by atomic mass is 19.4. The Kier molecular flexibility index (Phi) is 3.28. The molecule has 0 saturated heterocycles. The van der Waals surface area contributed by atoms with Gasteiger partial charge in [-0.25, -0.2) is 0 Å².